The van der Waals surface area contributed by atoms with Crippen molar-refractivity contribution in [2.75, 3.05) is 7.11 Å². The van der Waals surface area contributed by atoms with Crippen LogP contribution < -0.4 is 19.6 Å². The summed E-state index contributed by atoms with van der Waals surface area (Å²) in [5.74, 6) is 1.02. The fourth-order valence-corrected chi connectivity index (χ4v) is 2.50. The molecule has 0 aliphatic carbocycles. The van der Waals surface area contributed by atoms with Crippen LogP contribution in [-0.2, 0) is 4.79 Å². The van der Waals surface area contributed by atoms with Crippen molar-refractivity contribution in [2.45, 2.75) is 20.8 Å². The Morgan fingerprint density at radius 3 is 2.44 bits per heavy atom. The highest BCUT2D eigenvalue weighted by Crippen LogP contribution is 2.32. The lowest BCUT2D eigenvalue weighted by Crippen LogP contribution is -2.15. The molecule has 6 nitrogen and oxygen atoms in total. The van der Waals surface area contributed by atoms with Gasteiger partial charge in [0.2, 0.25) is 11.2 Å². The summed E-state index contributed by atoms with van der Waals surface area (Å²) in [5, 5.41) is 0.329. The van der Waals surface area contributed by atoms with Crippen LogP contribution in [0.2, 0.25) is 0 Å². The summed E-state index contributed by atoms with van der Waals surface area (Å²) in [6, 6.07) is 11.7. The van der Waals surface area contributed by atoms with Gasteiger partial charge in [-0.1, -0.05) is 26.0 Å². The SMILES string of the molecule is COc1ccccc1Oc1c(C)oc2cc(OC(=O)C(C)C)ccc2c1=O. The number of rotatable bonds is 5. The van der Waals surface area contributed by atoms with Crippen molar-refractivity contribution >= 4 is 16.9 Å². The van der Waals surface area contributed by atoms with Gasteiger partial charge in [0.1, 0.15) is 17.1 Å². The lowest BCUT2D eigenvalue weighted by molar-refractivity contribution is -0.137. The second kappa shape index (κ2) is 7.53. The molecule has 1 aromatic heterocycles. The molecular weight excluding hydrogens is 348 g/mol. The maximum Gasteiger partial charge on any atom is 0.313 e. The van der Waals surface area contributed by atoms with Gasteiger partial charge >= 0.3 is 5.97 Å². The lowest BCUT2D eigenvalue weighted by atomic mass is 10.2. The van der Waals surface area contributed by atoms with E-state index in [1.165, 1.54) is 13.2 Å². The van der Waals surface area contributed by atoms with Crippen LogP contribution in [0.5, 0.6) is 23.0 Å². The highest BCUT2D eigenvalue weighted by molar-refractivity contribution is 5.81. The minimum absolute atomic E-state index is 0.0823. The number of aryl methyl sites for hydroxylation is 1. The van der Waals surface area contributed by atoms with E-state index in [1.807, 2.05) is 0 Å². The minimum atomic E-state index is -0.357. The Balaban J connectivity index is 2.01. The van der Waals surface area contributed by atoms with E-state index in [2.05, 4.69) is 0 Å². The predicted molar refractivity (Wildman–Crippen MR) is 101 cm³/mol. The highest BCUT2D eigenvalue weighted by atomic mass is 16.5. The van der Waals surface area contributed by atoms with Crippen molar-refractivity contribution < 1.29 is 23.4 Å². The molecular formula is C21H20O6. The zero-order valence-electron chi connectivity index (χ0n) is 15.6. The van der Waals surface area contributed by atoms with Crippen LogP contribution in [0.25, 0.3) is 11.0 Å². The Bertz CT molecular complexity index is 1050. The fraction of sp³-hybridized carbons (Fsp3) is 0.238. The van der Waals surface area contributed by atoms with Gasteiger partial charge in [-0.3, -0.25) is 9.59 Å². The van der Waals surface area contributed by atoms with Crippen LogP contribution in [0.3, 0.4) is 0 Å². The van der Waals surface area contributed by atoms with Gasteiger partial charge in [-0.2, -0.15) is 0 Å². The van der Waals surface area contributed by atoms with Crippen LogP contribution in [0.1, 0.15) is 19.6 Å². The summed E-state index contributed by atoms with van der Waals surface area (Å²) < 4.78 is 22.0. The summed E-state index contributed by atoms with van der Waals surface area (Å²) in [6.07, 6.45) is 0. The van der Waals surface area contributed by atoms with E-state index in [1.54, 1.807) is 57.2 Å². The Hall–Kier alpha value is -3.28. The smallest absolute Gasteiger partial charge is 0.313 e. The average Bonchev–Trinajstić information content (AvgIpc) is 2.65. The first-order valence-electron chi connectivity index (χ1n) is 8.50. The van der Waals surface area contributed by atoms with E-state index in [9.17, 15) is 9.59 Å². The van der Waals surface area contributed by atoms with Gasteiger partial charge < -0.3 is 18.6 Å². The quantitative estimate of drug-likeness (QED) is 0.489. The van der Waals surface area contributed by atoms with E-state index in [0.29, 0.717) is 34.0 Å². The molecule has 27 heavy (non-hydrogen) atoms. The van der Waals surface area contributed by atoms with Crippen molar-refractivity contribution in [3.8, 4) is 23.0 Å². The summed E-state index contributed by atoms with van der Waals surface area (Å²) in [5.41, 5.74) is 0.000301. The van der Waals surface area contributed by atoms with Gasteiger partial charge in [0.15, 0.2) is 11.5 Å². The first kappa shape index (κ1) is 18.5. The predicted octanol–water partition coefficient (Wildman–Crippen LogP) is 4.46. The fourth-order valence-electron chi connectivity index (χ4n) is 2.50. The van der Waals surface area contributed by atoms with E-state index in [4.69, 9.17) is 18.6 Å². The van der Waals surface area contributed by atoms with Gasteiger partial charge in [0.05, 0.1) is 18.4 Å². The number of hydrogen-bond acceptors (Lipinski definition) is 6. The Labute approximate surface area is 156 Å². The number of ether oxygens (including phenoxy) is 3. The van der Waals surface area contributed by atoms with Gasteiger partial charge in [0, 0.05) is 6.07 Å². The molecule has 0 spiro atoms. The number of hydrogen-bond donors (Lipinski definition) is 0. The molecule has 140 valence electrons. The molecule has 0 fully saturated rings. The van der Waals surface area contributed by atoms with Crippen molar-refractivity contribution in [1.29, 1.82) is 0 Å². The second-order valence-electron chi connectivity index (χ2n) is 6.30. The molecule has 3 aromatic rings. The number of methoxy groups -OCH3 is 1. The second-order valence-corrected chi connectivity index (χ2v) is 6.30. The third-order valence-corrected chi connectivity index (χ3v) is 3.96. The van der Waals surface area contributed by atoms with E-state index >= 15 is 0 Å². The number of esters is 1. The van der Waals surface area contributed by atoms with Crippen LogP contribution in [0.15, 0.2) is 51.7 Å². The van der Waals surface area contributed by atoms with Crippen LogP contribution in [0.4, 0.5) is 0 Å². The topological polar surface area (TPSA) is 75.0 Å². The molecule has 0 atom stereocenters. The molecule has 0 saturated heterocycles. The molecule has 0 unspecified atom stereocenters. The molecule has 0 amide bonds. The minimum Gasteiger partial charge on any atom is -0.493 e. The van der Waals surface area contributed by atoms with Gasteiger partial charge in [-0.15, -0.1) is 0 Å². The molecule has 0 radical (unpaired) electrons. The Morgan fingerprint density at radius 2 is 1.78 bits per heavy atom. The van der Waals surface area contributed by atoms with Crippen LogP contribution in [0, 0.1) is 12.8 Å². The third kappa shape index (κ3) is 3.79. The van der Waals surface area contributed by atoms with Crippen molar-refractivity contribution in [3.05, 3.63) is 58.4 Å². The summed E-state index contributed by atoms with van der Waals surface area (Å²) in [7, 11) is 1.53. The number of para-hydroxylation sites is 2. The number of fused-ring (bicyclic) bond motifs is 1. The Kier molecular flexibility index (Phi) is 5.16. The molecule has 0 aliphatic heterocycles. The van der Waals surface area contributed by atoms with Gasteiger partial charge in [-0.25, -0.2) is 0 Å². The summed E-state index contributed by atoms with van der Waals surface area (Å²) >= 11 is 0. The molecule has 0 saturated carbocycles. The first-order chi connectivity index (χ1) is 12.9. The molecule has 0 N–H and O–H groups in total. The van der Waals surface area contributed by atoms with E-state index in [0.717, 1.165) is 0 Å². The lowest BCUT2D eigenvalue weighted by Gasteiger charge is -2.12. The summed E-state index contributed by atoms with van der Waals surface area (Å²) in [6.45, 7) is 5.13. The largest absolute Gasteiger partial charge is 0.493 e. The Morgan fingerprint density at radius 1 is 1.07 bits per heavy atom. The van der Waals surface area contributed by atoms with E-state index in [-0.39, 0.29) is 23.1 Å². The maximum absolute atomic E-state index is 12.9. The molecule has 3 rings (SSSR count). The number of carbonyl (C=O) groups is 1. The number of benzene rings is 2. The van der Waals surface area contributed by atoms with Crippen LogP contribution >= 0.6 is 0 Å². The molecule has 6 heteroatoms. The highest BCUT2D eigenvalue weighted by Gasteiger charge is 2.17. The van der Waals surface area contributed by atoms with Gasteiger partial charge in [-0.05, 0) is 31.2 Å². The van der Waals surface area contributed by atoms with Crippen LogP contribution in [-0.4, -0.2) is 13.1 Å². The monoisotopic (exact) mass is 368 g/mol. The maximum atomic E-state index is 12.9. The van der Waals surface area contributed by atoms with E-state index < -0.39 is 0 Å². The molecule has 2 aromatic carbocycles. The average molecular weight is 368 g/mol. The zero-order chi connectivity index (χ0) is 19.6. The van der Waals surface area contributed by atoms with Crippen molar-refractivity contribution in [1.82, 2.24) is 0 Å². The zero-order valence-corrected chi connectivity index (χ0v) is 15.6. The van der Waals surface area contributed by atoms with Crippen molar-refractivity contribution in [2.24, 2.45) is 5.92 Å². The van der Waals surface area contributed by atoms with Crippen molar-refractivity contribution in [3.63, 3.8) is 0 Å². The number of carbonyl (C=O) groups excluding carboxylic acids is 1. The summed E-state index contributed by atoms with van der Waals surface area (Å²) in [4.78, 5) is 24.6. The standard InChI is InChI=1S/C21H20O6/c1-12(2)21(23)26-14-9-10-15-18(11-14)25-13(3)20(19(15)22)27-17-8-6-5-7-16(17)24-4/h5-12H,1-4H3. The molecule has 0 aliphatic rings. The molecule has 1 heterocycles. The molecule has 0 bridgehead atoms. The normalized spacial score (nSPS) is 10.9. The van der Waals surface area contributed by atoms with Gasteiger partial charge in [0.25, 0.3) is 0 Å². The first-order valence-corrected chi connectivity index (χ1v) is 8.50. The third-order valence-electron chi connectivity index (χ3n) is 3.96.